The number of carbonyl (C=O) groups excluding carboxylic acids is 2. The molecular weight excluding hydrogens is 591 g/mol. The molecule has 0 amide bonds. The zero-order valence-electron chi connectivity index (χ0n) is 26.4. The number of rotatable bonds is 10. The molecule has 0 unspecified atom stereocenters. The number of nitrogens with zero attached hydrogens (tertiary/aromatic N) is 2. The summed E-state index contributed by atoms with van der Waals surface area (Å²) in [6.45, 7) is 10.3. The summed E-state index contributed by atoms with van der Waals surface area (Å²) in [7, 11) is 0. The Hall–Kier alpha value is -3.17. The van der Waals surface area contributed by atoms with Crippen LogP contribution in [-0.4, -0.2) is 46.7 Å². The quantitative estimate of drug-likeness (QED) is 0.359. The predicted molar refractivity (Wildman–Crippen MR) is 166 cm³/mol. The van der Waals surface area contributed by atoms with Gasteiger partial charge in [0, 0.05) is 35.5 Å². The number of carbonyl (C=O) groups is 2. The SMILES string of the molecule is CC(=O)[O-].CC(=O)[O-].CCCCc1cc(C)c(O)c(C=NC2CCC(N=Cc3cc(CCCC)cc(C)c3O)CC2)c1.[Co+2]. The normalized spacial score (nSPS) is 16.0. The number of aromatic hydroxyl groups is 2. The summed E-state index contributed by atoms with van der Waals surface area (Å²) in [6.07, 6.45) is 14.4. The molecule has 0 atom stereocenters. The molecule has 2 aromatic carbocycles. The second-order valence-electron chi connectivity index (χ2n) is 10.9. The molecule has 239 valence electrons. The minimum atomic E-state index is -1.08. The Balaban J connectivity index is 0.00000174. The molecule has 2 N–H and O–H groups in total. The van der Waals surface area contributed by atoms with Gasteiger partial charge in [0.1, 0.15) is 11.5 Å². The maximum absolute atomic E-state index is 10.5. The van der Waals surface area contributed by atoms with E-state index in [0.717, 1.165) is 87.5 Å². The Bertz CT molecular complexity index is 1100. The standard InChI is InChI=1S/C30H42N2O2.2C2H4O2.Co/c1-5-7-9-23-15-21(3)29(33)25(17-23)19-31-27-11-13-28(14-12-27)32-20-26-18-24(10-8-6-2)16-22(4)30(26)34;2*1-2(3)4;/h15-20,27-28,33-34H,5-14H2,1-4H3;2*1H3,(H,3,4);/q;;;+2/p-2. The van der Waals surface area contributed by atoms with Gasteiger partial charge in [0.2, 0.25) is 0 Å². The van der Waals surface area contributed by atoms with E-state index < -0.39 is 11.9 Å². The molecule has 2 aromatic rings. The van der Waals surface area contributed by atoms with Gasteiger partial charge in [-0.25, -0.2) is 0 Å². The number of phenolic OH excluding ortho intramolecular Hbond substituents is 2. The number of hydrogen-bond donors (Lipinski definition) is 2. The number of carboxylic acid groups (broad SMARTS) is 2. The van der Waals surface area contributed by atoms with Crippen LogP contribution in [0.3, 0.4) is 0 Å². The summed E-state index contributed by atoms with van der Waals surface area (Å²) in [5, 5.41) is 38.7. The molecule has 1 aliphatic rings. The van der Waals surface area contributed by atoms with Crippen LogP contribution in [0.5, 0.6) is 11.5 Å². The Morgan fingerprint density at radius 1 is 0.744 bits per heavy atom. The van der Waals surface area contributed by atoms with Crippen molar-refractivity contribution in [3.8, 4) is 11.5 Å². The zero-order valence-corrected chi connectivity index (χ0v) is 27.5. The number of phenols is 2. The van der Waals surface area contributed by atoms with Gasteiger partial charge in [-0.05, 0) is 113 Å². The van der Waals surface area contributed by atoms with Crippen molar-refractivity contribution in [2.75, 3.05) is 0 Å². The maximum Gasteiger partial charge on any atom is 2.00 e. The van der Waals surface area contributed by atoms with Gasteiger partial charge in [0.15, 0.2) is 0 Å². The third-order valence-corrected chi connectivity index (χ3v) is 6.93. The maximum atomic E-state index is 10.5. The predicted octanol–water partition coefficient (Wildman–Crippen LogP) is 4.76. The molecule has 0 aliphatic heterocycles. The minimum Gasteiger partial charge on any atom is -0.550 e. The molecule has 0 bridgehead atoms. The van der Waals surface area contributed by atoms with Crippen LogP contribution in [0.15, 0.2) is 34.3 Å². The fourth-order valence-corrected chi connectivity index (χ4v) is 4.74. The van der Waals surface area contributed by atoms with Gasteiger partial charge < -0.3 is 30.0 Å². The smallest absolute Gasteiger partial charge is 0.550 e. The van der Waals surface area contributed by atoms with Crippen LogP contribution in [-0.2, 0) is 39.2 Å². The molecule has 9 heteroatoms. The number of aryl methyl sites for hydroxylation is 4. The molecule has 8 nitrogen and oxygen atoms in total. The molecule has 1 radical (unpaired) electrons. The summed E-state index contributed by atoms with van der Waals surface area (Å²) in [5.74, 6) is -1.47. The summed E-state index contributed by atoms with van der Waals surface area (Å²) >= 11 is 0. The molecule has 1 saturated carbocycles. The van der Waals surface area contributed by atoms with E-state index in [1.54, 1.807) is 0 Å². The Morgan fingerprint density at radius 2 is 1.05 bits per heavy atom. The number of hydrogen-bond acceptors (Lipinski definition) is 8. The molecule has 0 aromatic heterocycles. The monoisotopic (exact) mass is 639 g/mol. The van der Waals surface area contributed by atoms with Gasteiger partial charge in [0.05, 0.1) is 12.1 Å². The first-order valence-corrected chi connectivity index (χ1v) is 14.9. The third-order valence-electron chi connectivity index (χ3n) is 6.93. The second kappa shape index (κ2) is 21.5. The number of aliphatic imine (C=N–C) groups is 2. The first kappa shape index (κ1) is 39.8. The van der Waals surface area contributed by atoms with Crippen LogP contribution >= 0.6 is 0 Å². The van der Waals surface area contributed by atoms with E-state index in [1.165, 1.54) is 24.0 Å². The molecule has 0 heterocycles. The number of unbranched alkanes of at least 4 members (excludes halogenated alkanes) is 2. The van der Waals surface area contributed by atoms with Crippen LogP contribution in [0.2, 0.25) is 0 Å². The number of benzene rings is 2. The van der Waals surface area contributed by atoms with Crippen LogP contribution in [0.1, 0.15) is 112 Å². The topological polar surface area (TPSA) is 145 Å². The van der Waals surface area contributed by atoms with E-state index in [9.17, 15) is 10.2 Å². The molecule has 3 rings (SSSR count). The van der Waals surface area contributed by atoms with Gasteiger partial charge in [-0.3, -0.25) is 9.98 Å². The summed E-state index contributed by atoms with van der Waals surface area (Å²) in [6, 6.07) is 8.90. The van der Waals surface area contributed by atoms with E-state index >= 15 is 0 Å². The average Bonchev–Trinajstić information content (AvgIpc) is 2.92. The van der Waals surface area contributed by atoms with E-state index in [0.29, 0.717) is 11.5 Å². The van der Waals surface area contributed by atoms with Crippen LogP contribution in [0, 0.1) is 13.8 Å². The van der Waals surface area contributed by atoms with Crippen LogP contribution in [0.4, 0.5) is 0 Å². The fraction of sp³-hybridized carbons (Fsp3) is 0.529. The molecule has 1 fully saturated rings. The van der Waals surface area contributed by atoms with E-state index in [4.69, 9.17) is 29.8 Å². The van der Waals surface area contributed by atoms with Crippen molar-refractivity contribution in [2.45, 2.75) is 118 Å². The van der Waals surface area contributed by atoms with Gasteiger partial charge in [0.25, 0.3) is 0 Å². The van der Waals surface area contributed by atoms with Crippen molar-refractivity contribution < 1.29 is 46.8 Å². The number of aliphatic carboxylic acids is 2. The number of carboxylic acids is 2. The van der Waals surface area contributed by atoms with Gasteiger partial charge in [-0.15, -0.1) is 0 Å². The first-order valence-electron chi connectivity index (χ1n) is 14.9. The summed E-state index contributed by atoms with van der Waals surface area (Å²) < 4.78 is 0. The largest absolute Gasteiger partial charge is 2.00 e. The molecular formula is C34H48CoN2O6. The van der Waals surface area contributed by atoms with Gasteiger partial charge >= 0.3 is 16.8 Å². The zero-order chi connectivity index (χ0) is 31.7. The van der Waals surface area contributed by atoms with Gasteiger partial charge in [-0.2, -0.15) is 0 Å². The third kappa shape index (κ3) is 16.3. The fourth-order valence-electron chi connectivity index (χ4n) is 4.74. The molecule has 0 saturated heterocycles. The van der Waals surface area contributed by atoms with Crippen molar-refractivity contribution in [3.05, 3.63) is 57.6 Å². The van der Waals surface area contributed by atoms with E-state index in [1.807, 2.05) is 26.3 Å². The Morgan fingerprint density at radius 3 is 1.33 bits per heavy atom. The first-order chi connectivity index (χ1) is 19.9. The van der Waals surface area contributed by atoms with Crippen molar-refractivity contribution in [3.63, 3.8) is 0 Å². The second-order valence-corrected chi connectivity index (χ2v) is 10.9. The summed E-state index contributed by atoms with van der Waals surface area (Å²) in [4.78, 5) is 27.4. The molecule has 1 aliphatic carbocycles. The van der Waals surface area contributed by atoms with Crippen LogP contribution < -0.4 is 10.2 Å². The molecule has 0 spiro atoms. The Labute approximate surface area is 267 Å². The average molecular weight is 640 g/mol. The van der Waals surface area contributed by atoms with Gasteiger partial charge in [-0.1, -0.05) is 38.8 Å². The van der Waals surface area contributed by atoms with Crippen LogP contribution in [0.25, 0.3) is 0 Å². The van der Waals surface area contributed by atoms with Crippen molar-refractivity contribution >= 4 is 24.4 Å². The van der Waals surface area contributed by atoms with E-state index in [-0.39, 0.29) is 28.9 Å². The molecule has 43 heavy (non-hydrogen) atoms. The van der Waals surface area contributed by atoms with Crippen molar-refractivity contribution in [2.24, 2.45) is 9.98 Å². The van der Waals surface area contributed by atoms with Crippen molar-refractivity contribution in [1.29, 1.82) is 0 Å². The summed E-state index contributed by atoms with van der Waals surface area (Å²) in [5.41, 5.74) is 6.05. The van der Waals surface area contributed by atoms with Crippen molar-refractivity contribution in [1.82, 2.24) is 0 Å². The minimum absolute atomic E-state index is 0. The van der Waals surface area contributed by atoms with E-state index in [2.05, 4.69) is 38.1 Å². The Kier molecular flexibility index (Phi) is 19.9.